The van der Waals surface area contributed by atoms with E-state index in [-0.39, 0.29) is 0 Å². The Morgan fingerprint density at radius 2 is 1.26 bits per heavy atom. The van der Waals surface area contributed by atoms with Crippen LogP contribution in [0.4, 0.5) is 5.69 Å². The molecule has 0 bridgehead atoms. The molecule has 0 fully saturated rings. The van der Waals surface area contributed by atoms with Crippen LogP contribution in [0.5, 0.6) is 0 Å². The van der Waals surface area contributed by atoms with Gasteiger partial charge in [-0.05, 0) is 30.7 Å². The van der Waals surface area contributed by atoms with Crippen molar-refractivity contribution in [3.8, 4) is 0 Å². The van der Waals surface area contributed by atoms with Gasteiger partial charge in [0.05, 0.1) is 13.6 Å². The van der Waals surface area contributed by atoms with E-state index in [9.17, 15) is 4.79 Å². The van der Waals surface area contributed by atoms with Crippen LogP contribution in [0, 0.1) is 0 Å². The van der Waals surface area contributed by atoms with Gasteiger partial charge in [0.2, 0.25) is 0 Å². The average molecular weight is 448 g/mol. The molecule has 0 aliphatic carbocycles. The molecule has 0 aromatic heterocycles. The molecule has 0 saturated heterocycles. The van der Waals surface area contributed by atoms with Crippen LogP contribution < -0.4 is 5.32 Å². The molecule has 1 rings (SSSR count). The number of benzene rings is 1. The summed E-state index contributed by atoms with van der Waals surface area (Å²) in [6.07, 6.45) is 18.0. The Morgan fingerprint density at radius 1 is 0.774 bits per heavy atom. The summed E-state index contributed by atoms with van der Waals surface area (Å²) < 4.78 is 0. The SMILES string of the molecule is CCCCCC[Si](C)(CC)CCCCCCCCCCCNc1ccc(C(=O)O)cc1. The van der Waals surface area contributed by atoms with Crippen LogP contribution in [0.2, 0.25) is 24.7 Å². The lowest BCUT2D eigenvalue weighted by Crippen LogP contribution is -2.28. The first-order valence-electron chi connectivity index (χ1n) is 13.1. The van der Waals surface area contributed by atoms with Gasteiger partial charge >= 0.3 is 5.97 Å². The predicted molar refractivity (Wildman–Crippen MR) is 139 cm³/mol. The highest BCUT2D eigenvalue weighted by atomic mass is 28.3. The largest absolute Gasteiger partial charge is 0.478 e. The zero-order valence-electron chi connectivity index (χ0n) is 20.7. The van der Waals surface area contributed by atoms with E-state index in [0.717, 1.165) is 12.2 Å². The number of hydrogen-bond donors (Lipinski definition) is 2. The summed E-state index contributed by atoms with van der Waals surface area (Å²) in [7, 11) is -0.932. The molecule has 3 nitrogen and oxygen atoms in total. The summed E-state index contributed by atoms with van der Waals surface area (Å²) in [6, 6.07) is 11.6. The molecule has 0 aliphatic heterocycles. The van der Waals surface area contributed by atoms with Crippen molar-refractivity contribution in [3.63, 3.8) is 0 Å². The van der Waals surface area contributed by atoms with E-state index in [1.54, 1.807) is 24.2 Å². The first-order chi connectivity index (χ1) is 15.0. The first-order valence-corrected chi connectivity index (χ1v) is 16.2. The van der Waals surface area contributed by atoms with E-state index in [1.807, 2.05) is 12.1 Å². The summed E-state index contributed by atoms with van der Waals surface area (Å²) in [4.78, 5) is 10.9. The van der Waals surface area contributed by atoms with E-state index in [0.29, 0.717) is 5.56 Å². The topological polar surface area (TPSA) is 49.3 Å². The monoisotopic (exact) mass is 447 g/mol. The lowest BCUT2D eigenvalue weighted by Gasteiger charge is -2.26. The molecule has 0 amide bonds. The van der Waals surface area contributed by atoms with Gasteiger partial charge in [0, 0.05) is 12.2 Å². The summed E-state index contributed by atoms with van der Waals surface area (Å²) in [5, 5.41) is 12.3. The van der Waals surface area contributed by atoms with E-state index in [4.69, 9.17) is 5.11 Å². The van der Waals surface area contributed by atoms with Crippen molar-refractivity contribution in [2.45, 2.75) is 122 Å². The number of carboxylic acid groups (broad SMARTS) is 1. The maximum absolute atomic E-state index is 10.9. The van der Waals surface area contributed by atoms with Crippen LogP contribution in [-0.2, 0) is 0 Å². The van der Waals surface area contributed by atoms with Crippen LogP contribution in [-0.4, -0.2) is 25.7 Å². The van der Waals surface area contributed by atoms with Gasteiger partial charge in [-0.2, -0.15) is 0 Å². The van der Waals surface area contributed by atoms with Crippen molar-refractivity contribution in [1.29, 1.82) is 0 Å². The standard InChI is InChI=1S/C27H49NO2Si/c1-4-6-7-16-23-31(3,5-2)24-17-14-12-10-8-9-11-13-15-22-28-26-20-18-25(19-21-26)27(29)30/h18-21,28H,4-17,22-24H2,1-3H3,(H,29,30). The molecule has 2 N–H and O–H groups in total. The highest BCUT2D eigenvalue weighted by molar-refractivity contribution is 6.78. The number of carbonyl (C=O) groups is 1. The third kappa shape index (κ3) is 13.7. The maximum atomic E-state index is 10.9. The lowest BCUT2D eigenvalue weighted by atomic mass is 10.1. The van der Waals surface area contributed by atoms with Crippen molar-refractivity contribution >= 4 is 19.7 Å². The quantitative estimate of drug-likeness (QED) is 0.155. The molecule has 1 atom stereocenters. The second-order valence-electron chi connectivity index (χ2n) is 9.72. The Morgan fingerprint density at radius 3 is 1.74 bits per heavy atom. The fraction of sp³-hybridized carbons (Fsp3) is 0.741. The molecule has 0 radical (unpaired) electrons. The molecule has 1 aromatic carbocycles. The van der Waals surface area contributed by atoms with E-state index in [1.165, 1.54) is 89.5 Å². The molecule has 0 aliphatic rings. The zero-order chi connectivity index (χ0) is 22.8. The molecule has 4 heteroatoms. The van der Waals surface area contributed by atoms with Crippen molar-refractivity contribution < 1.29 is 9.90 Å². The van der Waals surface area contributed by atoms with Crippen LogP contribution in [0.15, 0.2) is 24.3 Å². The Bertz CT molecular complexity index is 575. The van der Waals surface area contributed by atoms with Gasteiger partial charge in [-0.25, -0.2) is 4.79 Å². The number of rotatable bonds is 20. The van der Waals surface area contributed by atoms with Gasteiger partial charge < -0.3 is 10.4 Å². The van der Waals surface area contributed by atoms with E-state index in [2.05, 4.69) is 25.7 Å². The second kappa shape index (κ2) is 17.3. The minimum Gasteiger partial charge on any atom is -0.478 e. The fourth-order valence-electron chi connectivity index (χ4n) is 4.33. The minimum atomic E-state index is -0.932. The summed E-state index contributed by atoms with van der Waals surface area (Å²) in [6.45, 7) is 8.36. The molecular weight excluding hydrogens is 398 g/mol. The molecule has 31 heavy (non-hydrogen) atoms. The summed E-state index contributed by atoms with van der Waals surface area (Å²) >= 11 is 0. The molecule has 0 saturated carbocycles. The number of nitrogens with one attached hydrogen (secondary N) is 1. The van der Waals surface area contributed by atoms with Gasteiger partial charge in [0.15, 0.2) is 0 Å². The number of aromatic carboxylic acids is 1. The Kier molecular flexibility index (Phi) is 15.5. The number of hydrogen-bond acceptors (Lipinski definition) is 2. The van der Waals surface area contributed by atoms with Crippen LogP contribution in [0.25, 0.3) is 0 Å². The van der Waals surface area contributed by atoms with Gasteiger partial charge in [-0.1, -0.05) is 116 Å². The minimum absolute atomic E-state index is 0.342. The van der Waals surface area contributed by atoms with E-state index >= 15 is 0 Å². The summed E-state index contributed by atoms with van der Waals surface area (Å²) in [5.74, 6) is -0.870. The molecular formula is C27H49NO2Si. The van der Waals surface area contributed by atoms with Crippen LogP contribution in [0.1, 0.15) is 108 Å². The number of anilines is 1. The summed E-state index contributed by atoms with van der Waals surface area (Å²) in [5.41, 5.74) is 1.35. The maximum Gasteiger partial charge on any atom is 0.335 e. The van der Waals surface area contributed by atoms with Crippen molar-refractivity contribution in [2.75, 3.05) is 11.9 Å². The Hall–Kier alpha value is -1.29. The molecule has 0 heterocycles. The van der Waals surface area contributed by atoms with Gasteiger partial charge in [-0.3, -0.25) is 0 Å². The van der Waals surface area contributed by atoms with Crippen molar-refractivity contribution in [2.24, 2.45) is 0 Å². The van der Waals surface area contributed by atoms with Crippen LogP contribution >= 0.6 is 0 Å². The Balaban J connectivity index is 1.93. The third-order valence-corrected chi connectivity index (χ3v) is 11.7. The normalized spacial score (nSPS) is 13.1. The van der Waals surface area contributed by atoms with Crippen LogP contribution in [0.3, 0.4) is 0 Å². The number of unbranched alkanes of at least 4 members (excludes halogenated alkanes) is 11. The lowest BCUT2D eigenvalue weighted by molar-refractivity contribution is 0.0697. The molecule has 1 unspecified atom stereocenters. The van der Waals surface area contributed by atoms with Gasteiger partial charge in [0.25, 0.3) is 0 Å². The highest BCUT2D eigenvalue weighted by Gasteiger charge is 2.23. The van der Waals surface area contributed by atoms with Crippen molar-refractivity contribution in [1.82, 2.24) is 0 Å². The first kappa shape index (κ1) is 27.7. The third-order valence-electron chi connectivity index (χ3n) is 6.91. The number of carboxylic acids is 1. The highest BCUT2D eigenvalue weighted by Crippen LogP contribution is 2.27. The van der Waals surface area contributed by atoms with E-state index < -0.39 is 14.0 Å². The van der Waals surface area contributed by atoms with Gasteiger partial charge in [-0.15, -0.1) is 0 Å². The Labute approximate surface area is 193 Å². The fourth-order valence-corrected chi connectivity index (χ4v) is 7.50. The predicted octanol–water partition coefficient (Wildman–Crippen LogP) is 8.99. The molecule has 1 aromatic rings. The second-order valence-corrected chi connectivity index (χ2v) is 15.0. The van der Waals surface area contributed by atoms with Crippen molar-refractivity contribution in [3.05, 3.63) is 29.8 Å². The molecule has 0 spiro atoms. The smallest absolute Gasteiger partial charge is 0.335 e. The molecule has 178 valence electrons. The zero-order valence-corrected chi connectivity index (χ0v) is 21.7. The van der Waals surface area contributed by atoms with Gasteiger partial charge in [0.1, 0.15) is 0 Å². The average Bonchev–Trinajstić information content (AvgIpc) is 2.78.